The average Bonchev–Trinajstić information content (AvgIpc) is 2.15. The van der Waals surface area contributed by atoms with E-state index in [4.69, 9.17) is 9.79 Å². The molecular formula is C6H7O8P3+2. The fraction of sp³-hybridized carbons (Fsp3) is 0. The molecule has 0 saturated carbocycles. The van der Waals surface area contributed by atoms with Crippen molar-refractivity contribution in [1.82, 2.24) is 0 Å². The van der Waals surface area contributed by atoms with Gasteiger partial charge in [-0.15, -0.1) is 4.89 Å². The molecule has 1 rings (SSSR count). The predicted molar refractivity (Wildman–Crippen MR) is 56.5 cm³/mol. The second kappa shape index (κ2) is 6.28. The van der Waals surface area contributed by atoms with Gasteiger partial charge in [-0.3, -0.25) is 4.89 Å². The van der Waals surface area contributed by atoms with Gasteiger partial charge in [0.05, 0.1) is 0 Å². The van der Waals surface area contributed by atoms with Crippen molar-refractivity contribution >= 4 is 24.3 Å². The lowest BCUT2D eigenvalue weighted by Crippen LogP contribution is -1.87. The van der Waals surface area contributed by atoms with Crippen molar-refractivity contribution in [1.29, 1.82) is 0 Å². The van der Waals surface area contributed by atoms with Gasteiger partial charge in [0, 0.05) is 17.8 Å². The Morgan fingerprint density at radius 3 is 2.24 bits per heavy atom. The van der Waals surface area contributed by atoms with Crippen LogP contribution in [-0.4, -0.2) is 9.79 Å². The molecule has 2 N–H and O–H groups in total. The largest absolute Gasteiger partial charge is 0.761 e. The number of benzene rings is 1. The Morgan fingerprint density at radius 1 is 1.12 bits per heavy atom. The summed E-state index contributed by atoms with van der Waals surface area (Å²) in [5.74, 6) is 0.141. The van der Waals surface area contributed by atoms with Crippen LogP contribution in [-0.2, 0) is 22.3 Å². The Labute approximate surface area is 97.7 Å². The van der Waals surface area contributed by atoms with Crippen molar-refractivity contribution in [2.45, 2.75) is 0 Å². The third-order valence-corrected chi connectivity index (χ3v) is 4.37. The van der Waals surface area contributed by atoms with Crippen LogP contribution in [0.5, 0.6) is 5.75 Å². The van der Waals surface area contributed by atoms with Gasteiger partial charge in [0.25, 0.3) is 0 Å². The minimum Gasteiger partial charge on any atom is -0.297 e. The van der Waals surface area contributed by atoms with Gasteiger partial charge < -0.3 is 0 Å². The van der Waals surface area contributed by atoms with Crippen LogP contribution >= 0.6 is 24.3 Å². The van der Waals surface area contributed by atoms with Crippen molar-refractivity contribution in [3.8, 4) is 5.75 Å². The van der Waals surface area contributed by atoms with Gasteiger partial charge in [0.2, 0.25) is 0 Å². The summed E-state index contributed by atoms with van der Waals surface area (Å²) >= 11 is 0. The molecule has 8 nitrogen and oxygen atoms in total. The van der Waals surface area contributed by atoms with Crippen LogP contribution in [0.1, 0.15) is 0 Å². The number of hydrogen-bond donors (Lipinski definition) is 2. The second-order valence-corrected chi connectivity index (χ2v) is 5.85. The van der Waals surface area contributed by atoms with Crippen LogP contribution in [0.3, 0.4) is 0 Å². The van der Waals surface area contributed by atoms with E-state index in [0.717, 1.165) is 0 Å². The highest BCUT2D eigenvalue weighted by Gasteiger charge is 2.45. The second-order valence-electron chi connectivity index (χ2n) is 2.50. The molecule has 0 radical (unpaired) electrons. The monoisotopic (exact) mass is 300 g/mol. The van der Waals surface area contributed by atoms with Crippen LogP contribution in [0, 0.1) is 0 Å². The fourth-order valence-corrected chi connectivity index (χ4v) is 2.97. The molecule has 0 spiro atoms. The summed E-state index contributed by atoms with van der Waals surface area (Å²) in [6.45, 7) is 0. The number of rotatable bonds is 6. The summed E-state index contributed by atoms with van der Waals surface area (Å²) in [7, 11) is -11.2. The van der Waals surface area contributed by atoms with Crippen LogP contribution in [0.2, 0.25) is 0 Å². The zero-order valence-corrected chi connectivity index (χ0v) is 10.8. The molecule has 0 aliphatic heterocycles. The first-order chi connectivity index (χ1) is 7.89. The van der Waals surface area contributed by atoms with Crippen LogP contribution in [0.4, 0.5) is 0 Å². The van der Waals surface area contributed by atoms with E-state index in [-0.39, 0.29) is 5.75 Å². The summed E-state index contributed by atoms with van der Waals surface area (Å²) in [4.78, 5) is 17.1. The third kappa shape index (κ3) is 5.96. The molecule has 11 heteroatoms. The topological polar surface area (TPSA) is 119 Å². The van der Waals surface area contributed by atoms with Gasteiger partial charge in [0.15, 0.2) is 5.75 Å². The molecule has 0 amide bonds. The maximum Gasteiger partial charge on any atom is 0.761 e. The van der Waals surface area contributed by atoms with Gasteiger partial charge in [-0.2, -0.15) is 0 Å². The highest BCUT2D eigenvalue weighted by molar-refractivity contribution is 7.61. The number of phosphoric acid groups is 1. The molecule has 0 heterocycles. The SMILES string of the molecule is O=[P+](O)OP(=O)(O)O[P+](=O)Oc1ccccc1. The van der Waals surface area contributed by atoms with E-state index in [1.54, 1.807) is 18.2 Å². The first kappa shape index (κ1) is 14.4. The van der Waals surface area contributed by atoms with E-state index in [9.17, 15) is 13.7 Å². The molecular weight excluding hydrogens is 293 g/mol. The van der Waals surface area contributed by atoms with Crippen molar-refractivity contribution in [2.75, 3.05) is 0 Å². The number of hydrogen-bond acceptors (Lipinski definition) is 6. The molecule has 3 atom stereocenters. The molecule has 3 unspecified atom stereocenters. The van der Waals surface area contributed by atoms with Gasteiger partial charge in [-0.05, 0) is 12.1 Å². The van der Waals surface area contributed by atoms with E-state index >= 15 is 0 Å². The summed E-state index contributed by atoms with van der Waals surface area (Å²) in [5.41, 5.74) is 0. The quantitative estimate of drug-likeness (QED) is 0.769. The summed E-state index contributed by atoms with van der Waals surface area (Å²) in [6, 6.07) is 7.71. The summed E-state index contributed by atoms with van der Waals surface area (Å²) in [5, 5.41) is 0. The molecule has 1 aromatic carbocycles. The van der Waals surface area contributed by atoms with Crippen LogP contribution in [0.25, 0.3) is 0 Å². The van der Waals surface area contributed by atoms with E-state index in [1.807, 2.05) is 0 Å². The molecule has 0 aliphatic rings. The van der Waals surface area contributed by atoms with Gasteiger partial charge in [0.1, 0.15) is 0 Å². The molecule has 0 fully saturated rings. The maximum atomic E-state index is 11.1. The Kier molecular flexibility index (Phi) is 5.31. The lowest BCUT2D eigenvalue weighted by atomic mass is 10.3. The van der Waals surface area contributed by atoms with E-state index in [1.165, 1.54) is 12.1 Å². The van der Waals surface area contributed by atoms with Crippen molar-refractivity contribution in [3.05, 3.63) is 30.3 Å². The standard InChI is InChI=1S/C6H5O8P3/c7-15(8)13-17(10,11)14-16(9)12-6-4-2-1-3-5-6/h1-5H/p+2. The first-order valence-electron chi connectivity index (χ1n) is 3.98. The van der Waals surface area contributed by atoms with Crippen molar-refractivity contribution in [3.63, 3.8) is 0 Å². The molecule has 92 valence electrons. The van der Waals surface area contributed by atoms with Crippen molar-refractivity contribution in [2.24, 2.45) is 0 Å². The fourth-order valence-electron chi connectivity index (χ4n) is 0.772. The van der Waals surface area contributed by atoms with E-state index < -0.39 is 24.3 Å². The van der Waals surface area contributed by atoms with Gasteiger partial charge >= 0.3 is 24.3 Å². The van der Waals surface area contributed by atoms with Crippen LogP contribution in [0.15, 0.2) is 30.3 Å². The predicted octanol–water partition coefficient (Wildman–Crippen LogP) is 2.51. The summed E-state index contributed by atoms with van der Waals surface area (Å²) < 4.78 is 44.4. The zero-order valence-electron chi connectivity index (χ0n) is 8.07. The highest BCUT2D eigenvalue weighted by Crippen LogP contribution is 2.56. The summed E-state index contributed by atoms with van der Waals surface area (Å²) in [6.07, 6.45) is 0. The molecule has 0 saturated heterocycles. The Balaban J connectivity index is 2.56. The minimum absolute atomic E-state index is 0.141. The Morgan fingerprint density at radius 2 is 1.71 bits per heavy atom. The average molecular weight is 300 g/mol. The minimum atomic E-state index is -4.88. The Hall–Kier alpha value is -0.710. The maximum absolute atomic E-state index is 11.1. The molecule has 0 aromatic heterocycles. The van der Waals surface area contributed by atoms with E-state index in [2.05, 4.69) is 13.1 Å². The van der Waals surface area contributed by atoms with Crippen molar-refractivity contribution < 1.29 is 36.6 Å². The highest BCUT2D eigenvalue weighted by atomic mass is 31.3. The van der Waals surface area contributed by atoms with Gasteiger partial charge in [-0.25, -0.2) is 9.09 Å². The molecule has 1 aromatic rings. The molecule has 0 bridgehead atoms. The zero-order chi connectivity index (χ0) is 12.9. The first-order valence-corrected chi connectivity index (χ1v) is 7.70. The third-order valence-electron chi connectivity index (χ3n) is 1.27. The lowest BCUT2D eigenvalue weighted by Gasteiger charge is -1.93. The molecule has 17 heavy (non-hydrogen) atoms. The van der Waals surface area contributed by atoms with Crippen LogP contribution < -0.4 is 4.52 Å². The normalized spacial score (nSPS) is 15.9. The smallest absolute Gasteiger partial charge is 0.297 e. The molecule has 0 aliphatic carbocycles. The van der Waals surface area contributed by atoms with Gasteiger partial charge in [-0.1, -0.05) is 18.2 Å². The number of para-hydroxylation sites is 1. The lowest BCUT2D eigenvalue weighted by molar-refractivity contribution is 0.273. The Bertz CT molecular complexity index is 460. The van der Waals surface area contributed by atoms with E-state index in [0.29, 0.717) is 0 Å².